The van der Waals surface area contributed by atoms with E-state index >= 15 is 0 Å². The quantitative estimate of drug-likeness (QED) is 0.410. The minimum absolute atomic E-state index is 0.0251. The van der Waals surface area contributed by atoms with Crippen molar-refractivity contribution in [1.29, 1.82) is 0 Å². The van der Waals surface area contributed by atoms with Crippen molar-refractivity contribution in [2.45, 2.75) is 12.8 Å². The lowest BCUT2D eigenvalue weighted by Crippen LogP contribution is -2.12. The molecule has 0 unspecified atom stereocenters. The standard InChI is InChI=1S/C20H17N4O4PS/c25-19(12-7-8-12)22-20-21-16-6-2-5-15(18(16)30-20)13-3-1-4-14(11-13)24-10-9-17(23-24)29(26,27)28/h1-6,9-12H,7-8H2,(H,21,22,25)(H2,26,27,28). The van der Waals surface area contributed by atoms with Gasteiger partial charge in [-0.15, -0.1) is 0 Å². The third-order valence-corrected chi connectivity index (χ3v) is 6.74. The number of carbonyl (C=O) groups excluding carboxylic acids is 1. The van der Waals surface area contributed by atoms with Crippen LogP contribution in [-0.4, -0.2) is 30.5 Å². The van der Waals surface area contributed by atoms with Gasteiger partial charge in [0.05, 0.1) is 15.9 Å². The zero-order valence-electron chi connectivity index (χ0n) is 15.6. The smallest absolute Gasteiger partial charge is 0.320 e. The fraction of sp³-hybridized carbons (Fsp3) is 0.150. The second kappa shape index (κ2) is 7.14. The molecule has 2 aromatic heterocycles. The number of thiazole rings is 1. The van der Waals surface area contributed by atoms with Crippen molar-refractivity contribution in [3.63, 3.8) is 0 Å². The Labute approximate surface area is 175 Å². The van der Waals surface area contributed by atoms with E-state index in [1.165, 1.54) is 28.3 Å². The van der Waals surface area contributed by atoms with E-state index < -0.39 is 7.60 Å². The van der Waals surface area contributed by atoms with E-state index in [2.05, 4.69) is 15.4 Å². The first kappa shape index (κ1) is 19.1. The minimum Gasteiger partial charge on any atom is -0.320 e. The third-order valence-electron chi connectivity index (χ3n) is 4.89. The van der Waals surface area contributed by atoms with Gasteiger partial charge in [-0.25, -0.2) is 9.67 Å². The average Bonchev–Trinajstić information content (AvgIpc) is 3.29. The summed E-state index contributed by atoms with van der Waals surface area (Å²) in [4.78, 5) is 35.2. The van der Waals surface area contributed by atoms with Gasteiger partial charge >= 0.3 is 7.60 Å². The van der Waals surface area contributed by atoms with Crippen LogP contribution in [0.1, 0.15) is 12.8 Å². The van der Waals surface area contributed by atoms with E-state index in [0.29, 0.717) is 10.8 Å². The summed E-state index contributed by atoms with van der Waals surface area (Å²) in [5.74, 6) is 0.136. The number of rotatable bonds is 5. The average molecular weight is 440 g/mol. The molecule has 0 atom stereocenters. The molecule has 1 aliphatic carbocycles. The van der Waals surface area contributed by atoms with Crippen LogP contribution in [-0.2, 0) is 9.36 Å². The maximum atomic E-state index is 12.1. The number of anilines is 1. The van der Waals surface area contributed by atoms with Crippen LogP contribution >= 0.6 is 18.9 Å². The molecule has 1 fully saturated rings. The molecule has 30 heavy (non-hydrogen) atoms. The second-order valence-corrected chi connectivity index (χ2v) is 9.69. The molecule has 0 saturated heterocycles. The summed E-state index contributed by atoms with van der Waals surface area (Å²) in [5.41, 5.74) is 3.08. The molecule has 1 aliphatic rings. The number of aromatic nitrogens is 3. The Morgan fingerprint density at radius 2 is 1.97 bits per heavy atom. The Morgan fingerprint density at radius 1 is 1.17 bits per heavy atom. The first-order valence-corrected chi connectivity index (χ1v) is 11.7. The monoisotopic (exact) mass is 440 g/mol. The normalized spacial score (nSPS) is 14.2. The largest absolute Gasteiger partial charge is 0.376 e. The molecule has 152 valence electrons. The van der Waals surface area contributed by atoms with E-state index in [1.807, 2.05) is 42.5 Å². The maximum absolute atomic E-state index is 12.1. The van der Waals surface area contributed by atoms with Crippen LogP contribution in [0.25, 0.3) is 27.0 Å². The van der Waals surface area contributed by atoms with Crippen molar-refractivity contribution >= 4 is 45.6 Å². The lowest BCUT2D eigenvalue weighted by atomic mass is 10.0. The van der Waals surface area contributed by atoms with Crippen LogP contribution in [0.15, 0.2) is 54.7 Å². The van der Waals surface area contributed by atoms with Crippen molar-refractivity contribution in [3.8, 4) is 16.8 Å². The summed E-state index contributed by atoms with van der Waals surface area (Å²) in [6.45, 7) is 0. The van der Waals surface area contributed by atoms with E-state index in [4.69, 9.17) is 0 Å². The Morgan fingerprint density at radius 3 is 2.70 bits per heavy atom. The van der Waals surface area contributed by atoms with Gasteiger partial charge in [-0.3, -0.25) is 9.36 Å². The molecule has 0 aliphatic heterocycles. The molecular weight excluding hydrogens is 423 g/mol. The molecule has 3 N–H and O–H groups in total. The van der Waals surface area contributed by atoms with Crippen LogP contribution < -0.4 is 10.8 Å². The van der Waals surface area contributed by atoms with Crippen LogP contribution in [0.2, 0.25) is 0 Å². The Bertz CT molecular complexity index is 1320. The lowest BCUT2D eigenvalue weighted by Gasteiger charge is -2.07. The predicted molar refractivity (Wildman–Crippen MR) is 115 cm³/mol. The summed E-state index contributed by atoms with van der Waals surface area (Å²) >= 11 is 1.43. The molecular formula is C20H17N4O4PS. The molecule has 0 bridgehead atoms. The summed E-state index contributed by atoms with van der Waals surface area (Å²) in [6.07, 6.45) is 3.39. The molecule has 1 saturated carbocycles. The highest BCUT2D eigenvalue weighted by Crippen LogP contribution is 2.37. The van der Waals surface area contributed by atoms with Gasteiger partial charge in [-0.05, 0) is 42.7 Å². The molecule has 4 aromatic rings. The van der Waals surface area contributed by atoms with Crippen molar-refractivity contribution < 1.29 is 19.1 Å². The summed E-state index contributed by atoms with van der Waals surface area (Å²) < 4.78 is 13.8. The second-order valence-electron chi connectivity index (χ2n) is 7.15. The van der Waals surface area contributed by atoms with Crippen LogP contribution in [0.5, 0.6) is 0 Å². The fourth-order valence-corrected chi connectivity index (χ4v) is 4.69. The first-order valence-electron chi connectivity index (χ1n) is 9.31. The molecule has 2 aromatic carbocycles. The molecule has 0 radical (unpaired) electrons. The van der Waals surface area contributed by atoms with Gasteiger partial charge in [0.1, 0.15) is 0 Å². The lowest BCUT2D eigenvalue weighted by molar-refractivity contribution is -0.117. The van der Waals surface area contributed by atoms with Crippen molar-refractivity contribution in [2.75, 3.05) is 5.32 Å². The minimum atomic E-state index is -4.40. The van der Waals surface area contributed by atoms with Gasteiger partial charge in [-0.1, -0.05) is 35.6 Å². The Balaban J connectivity index is 1.51. The molecule has 10 heteroatoms. The molecule has 2 heterocycles. The van der Waals surface area contributed by atoms with Crippen molar-refractivity contribution in [3.05, 3.63) is 54.7 Å². The van der Waals surface area contributed by atoms with E-state index in [1.54, 1.807) is 0 Å². The predicted octanol–water partition coefficient (Wildman–Crippen LogP) is 3.30. The summed E-state index contributed by atoms with van der Waals surface area (Å²) in [5, 5.41) is 7.50. The van der Waals surface area contributed by atoms with Crippen LogP contribution in [0.3, 0.4) is 0 Å². The zero-order chi connectivity index (χ0) is 20.9. The van der Waals surface area contributed by atoms with Crippen LogP contribution in [0.4, 0.5) is 5.13 Å². The summed E-state index contributed by atoms with van der Waals surface area (Å²) in [7, 11) is -4.40. The van der Waals surface area contributed by atoms with Gasteiger partial charge in [-0.2, -0.15) is 5.10 Å². The van der Waals surface area contributed by atoms with Gasteiger partial charge in [0, 0.05) is 17.7 Å². The van der Waals surface area contributed by atoms with Gasteiger partial charge in [0.2, 0.25) is 5.91 Å². The number of benzene rings is 2. The van der Waals surface area contributed by atoms with E-state index in [9.17, 15) is 19.1 Å². The molecule has 0 spiro atoms. The van der Waals surface area contributed by atoms with Gasteiger partial charge in [0.25, 0.3) is 0 Å². The van der Waals surface area contributed by atoms with E-state index in [-0.39, 0.29) is 17.3 Å². The zero-order valence-corrected chi connectivity index (χ0v) is 17.3. The summed E-state index contributed by atoms with van der Waals surface area (Å²) in [6, 6.07) is 14.6. The number of fused-ring (bicyclic) bond motifs is 1. The molecule has 1 amide bonds. The SMILES string of the molecule is O=C(Nc1nc2cccc(-c3cccc(-n4ccc(P(=O)(O)O)n4)c3)c2s1)C1CC1. The molecule has 5 rings (SSSR count). The fourth-order valence-electron chi connectivity index (χ4n) is 3.21. The van der Waals surface area contributed by atoms with Crippen LogP contribution in [0, 0.1) is 5.92 Å². The Kier molecular flexibility index (Phi) is 4.56. The highest BCUT2D eigenvalue weighted by atomic mass is 32.1. The highest BCUT2D eigenvalue weighted by Gasteiger charge is 2.30. The first-order chi connectivity index (χ1) is 14.4. The van der Waals surface area contributed by atoms with Crippen molar-refractivity contribution in [2.24, 2.45) is 5.92 Å². The molecule has 8 nitrogen and oxygen atoms in total. The highest BCUT2D eigenvalue weighted by molar-refractivity contribution is 7.60. The number of carbonyl (C=O) groups is 1. The number of nitrogens with zero attached hydrogens (tertiary/aromatic N) is 3. The number of nitrogens with one attached hydrogen (secondary N) is 1. The third kappa shape index (κ3) is 3.68. The number of hydrogen-bond donors (Lipinski definition) is 3. The van der Waals surface area contributed by atoms with E-state index in [0.717, 1.165) is 34.2 Å². The van der Waals surface area contributed by atoms with Gasteiger partial charge in [0.15, 0.2) is 10.6 Å². The maximum Gasteiger partial charge on any atom is 0.376 e. The van der Waals surface area contributed by atoms with Crippen molar-refractivity contribution in [1.82, 2.24) is 14.8 Å². The topological polar surface area (TPSA) is 117 Å². The van der Waals surface area contributed by atoms with Gasteiger partial charge < -0.3 is 15.1 Å². The Hall–Kier alpha value is -2.84. The number of hydrogen-bond acceptors (Lipinski definition) is 5. The number of amides is 1.